The van der Waals surface area contributed by atoms with Gasteiger partial charge in [-0.1, -0.05) is 6.58 Å². The Hall–Kier alpha value is -1.45. The fourth-order valence-electron chi connectivity index (χ4n) is 0.607. The lowest BCUT2D eigenvalue weighted by atomic mass is 10.8. The first-order valence-corrected chi connectivity index (χ1v) is 2.82. The second kappa shape index (κ2) is 2.91. The lowest BCUT2D eigenvalue weighted by Gasteiger charge is -1.94. The van der Waals surface area contributed by atoms with Gasteiger partial charge < -0.3 is 0 Å². The van der Waals surface area contributed by atoms with Gasteiger partial charge in [-0.3, -0.25) is 9.56 Å². The molecule has 0 fully saturated rings. The maximum Gasteiger partial charge on any atom is 0.231 e. The van der Waals surface area contributed by atoms with E-state index in [-0.39, 0.29) is 0 Å². The first kappa shape index (κ1) is 6.67. The highest BCUT2D eigenvalue weighted by molar-refractivity contribution is 5.12. The van der Waals surface area contributed by atoms with Gasteiger partial charge in [0.05, 0.1) is 0 Å². The van der Waals surface area contributed by atoms with E-state index in [4.69, 9.17) is 0 Å². The van der Waals surface area contributed by atoms with E-state index in [0.717, 1.165) is 0 Å². The van der Waals surface area contributed by atoms with Crippen molar-refractivity contribution >= 4 is 6.20 Å². The molecule has 1 heterocycles. The average Bonchev–Trinajstić information content (AvgIpc) is 2.04. The summed E-state index contributed by atoms with van der Waals surface area (Å²) in [5, 5.41) is 0. The van der Waals surface area contributed by atoms with E-state index in [1.807, 2.05) is 0 Å². The van der Waals surface area contributed by atoms with Crippen LogP contribution in [0.4, 0.5) is 0 Å². The molecule has 0 bridgehead atoms. The molecular formula is C6H8N4. The lowest BCUT2D eigenvalue weighted by Crippen LogP contribution is -2.19. The Labute approximate surface area is 58.6 Å². The van der Waals surface area contributed by atoms with Gasteiger partial charge in [0.25, 0.3) is 0 Å². The van der Waals surface area contributed by atoms with Gasteiger partial charge in [0.1, 0.15) is 12.7 Å². The standard InChI is InChI=1S/C6H8N4/c1-3-10-5-8-4-9-6(10)7-2/h3-5H,1H2,2H3. The Balaban J connectivity index is 3.36. The smallest absolute Gasteiger partial charge is 0.231 e. The summed E-state index contributed by atoms with van der Waals surface area (Å²) in [4.78, 5) is 11.5. The van der Waals surface area contributed by atoms with Gasteiger partial charge in [0.15, 0.2) is 0 Å². The van der Waals surface area contributed by atoms with Crippen molar-refractivity contribution in [3.8, 4) is 0 Å². The average molecular weight is 136 g/mol. The Morgan fingerprint density at radius 2 is 2.60 bits per heavy atom. The van der Waals surface area contributed by atoms with Crippen LogP contribution < -0.4 is 5.62 Å². The van der Waals surface area contributed by atoms with E-state index in [9.17, 15) is 0 Å². The van der Waals surface area contributed by atoms with Crippen molar-refractivity contribution in [2.24, 2.45) is 4.99 Å². The van der Waals surface area contributed by atoms with E-state index in [1.54, 1.807) is 24.1 Å². The van der Waals surface area contributed by atoms with Crippen LogP contribution in [0.2, 0.25) is 0 Å². The van der Waals surface area contributed by atoms with Crippen LogP contribution in [-0.2, 0) is 0 Å². The maximum absolute atomic E-state index is 3.88. The van der Waals surface area contributed by atoms with Crippen molar-refractivity contribution in [3.05, 3.63) is 24.9 Å². The first-order valence-electron chi connectivity index (χ1n) is 2.82. The summed E-state index contributed by atoms with van der Waals surface area (Å²) in [5.41, 5.74) is 0.602. The molecule has 10 heavy (non-hydrogen) atoms. The molecule has 52 valence electrons. The zero-order valence-corrected chi connectivity index (χ0v) is 5.73. The van der Waals surface area contributed by atoms with Gasteiger partial charge in [-0.15, -0.1) is 0 Å². The third kappa shape index (κ3) is 1.10. The van der Waals surface area contributed by atoms with E-state index >= 15 is 0 Å². The van der Waals surface area contributed by atoms with Gasteiger partial charge in [-0.05, 0) is 0 Å². The number of hydrogen-bond acceptors (Lipinski definition) is 3. The molecule has 0 aliphatic heterocycles. The molecule has 0 radical (unpaired) electrons. The van der Waals surface area contributed by atoms with Crippen LogP contribution in [-0.4, -0.2) is 21.6 Å². The highest BCUT2D eigenvalue weighted by Gasteiger charge is 1.83. The highest BCUT2D eigenvalue weighted by atomic mass is 15.1. The molecule has 0 amide bonds. The van der Waals surface area contributed by atoms with Crippen LogP contribution in [0.3, 0.4) is 0 Å². The third-order valence-electron chi connectivity index (χ3n) is 1.06. The Bertz CT molecular complexity index is 286. The number of nitrogens with zero attached hydrogens (tertiary/aromatic N) is 4. The zero-order chi connectivity index (χ0) is 7.40. The van der Waals surface area contributed by atoms with Crippen molar-refractivity contribution in [2.45, 2.75) is 0 Å². The van der Waals surface area contributed by atoms with Crippen molar-refractivity contribution in [3.63, 3.8) is 0 Å². The van der Waals surface area contributed by atoms with Gasteiger partial charge in [0, 0.05) is 13.2 Å². The molecule has 0 atom stereocenters. The quantitative estimate of drug-likeness (QED) is 0.541. The number of hydrogen-bond donors (Lipinski definition) is 0. The van der Waals surface area contributed by atoms with Crippen LogP contribution in [0, 0.1) is 0 Å². The maximum atomic E-state index is 3.88. The van der Waals surface area contributed by atoms with Gasteiger partial charge in [-0.2, -0.15) is 0 Å². The molecule has 1 rings (SSSR count). The molecule has 1 aromatic heterocycles. The molecule has 0 aliphatic carbocycles. The summed E-state index contributed by atoms with van der Waals surface area (Å²) < 4.78 is 1.64. The van der Waals surface area contributed by atoms with E-state index in [1.165, 1.54) is 6.33 Å². The normalized spacial score (nSPS) is 11.5. The monoisotopic (exact) mass is 136 g/mol. The number of rotatable bonds is 1. The van der Waals surface area contributed by atoms with Crippen LogP contribution >= 0.6 is 0 Å². The summed E-state index contributed by atoms with van der Waals surface area (Å²) in [6, 6.07) is 0. The van der Waals surface area contributed by atoms with Crippen LogP contribution in [0.1, 0.15) is 0 Å². The van der Waals surface area contributed by atoms with E-state index in [0.29, 0.717) is 5.62 Å². The molecule has 0 aromatic carbocycles. The lowest BCUT2D eigenvalue weighted by molar-refractivity contribution is 0.850. The summed E-state index contributed by atoms with van der Waals surface area (Å²) in [7, 11) is 1.67. The Morgan fingerprint density at radius 3 is 3.10 bits per heavy atom. The second-order valence-electron chi connectivity index (χ2n) is 1.62. The van der Waals surface area contributed by atoms with Crippen LogP contribution in [0.15, 0.2) is 24.2 Å². The summed E-state index contributed by atoms with van der Waals surface area (Å²) in [6.07, 6.45) is 4.65. The van der Waals surface area contributed by atoms with Crippen LogP contribution in [0.25, 0.3) is 6.20 Å². The molecule has 0 saturated carbocycles. The van der Waals surface area contributed by atoms with E-state index in [2.05, 4.69) is 21.5 Å². The fraction of sp³-hybridized carbons (Fsp3) is 0.167. The fourth-order valence-corrected chi connectivity index (χ4v) is 0.607. The minimum absolute atomic E-state index is 0.602. The molecular weight excluding hydrogens is 128 g/mol. The zero-order valence-electron chi connectivity index (χ0n) is 5.73. The SMILES string of the molecule is C=Cn1cncnc1=NC. The van der Waals surface area contributed by atoms with Crippen molar-refractivity contribution in [2.75, 3.05) is 7.05 Å². The summed E-state index contributed by atoms with van der Waals surface area (Å²) in [6.45, 7) is 3.56. The molecule has 4 heteroatoms. The van der Waals surface area contributed by atoms with Crippen LogP contribution in [0.5, 0.6) is 0 Å². The van der Waals surface area contributed by atoms with Crippen molar-refractivity contribution < 1.29 is 0 Å². The van der Waals surface area contributed by atoms with E-state index < -0.39 is 0 Å². The molecule has 0 N–H and O–H groups in total. The topological polar surface area (TPSA) is 43.1 Å². The minimum Gasteiger partial charge on any atom is -0.277 e. The number of aromatic nitrogens is 3. The molecule has 0 spiro atoms. The minimum atomic E-state index is 0.602. The second-order valence-corrected chi connectivity index (χ2v) is 1.62. The Morgan fingerprint density at radius 1 is 1.80 bits per heavy atom. The predicted molar refractivity (Wildman–Crippen MR) is 37.9 cm³/mol. The largest absolute Gasteiger partial charge is 0.277 e. The van der Waals surface area contributed by atoms with Gasteiger partial charge in [0.2, 0.25) is 5.62 Å². The molecule has 4 nitrogen and oxygen atoms in total. The summed E-state index contributed by atoms with van der Waals surface area (Å²) >= 11 is 0. The van der Waals surface area contributed by atoms with Gasteiger partial charge in [-0.25, -0.2) is 9.97 Å². The predicted octanol–water partition coefficient (Wildman–Crippen LogP) is -0.0909. The van der Waals surface area contributed by atoms with Gasteiger partial charge >= 0.3 is 0 Å². The first-order chi connectivity index (χ1) is 4.88. The highest BCUT2D eigenvalue weighted by Crippen LogP contribution is 1.71. The van der Waals surface area contributed by atoms with Crippen molar-refractivity contribution in [1.82, 2.24) is 14.5 Å². The molecule has 1 aromatic rings. The Kier molecular flexibility index (Phi) is 1.94. The van der Waals surface area contributed by atoms with Crippen molar-refractivity contribution in [1.29, 1.82) is 0 Å². The molecule has 0 saturated heterocycles. The third-order valence-corrected chi connectivity index (χ3v) is 1.06. The molecule has 0 aliphatic rings. The molecule has 0 unspecified atom stereocenters. The summed E-state index contributed by atoms with van der Waals surface area (Å²) in [5.74, 6) is 0.